The molecule has 1 heterocycles. The van der Waals surface area contributed by atoms with Crippen LogP contribution in [0.15, 0.2) is 36.1 Å². The number of carbonyl (C=O) groups excluding carboxylic acids is 2. The fourth-order valence-corrected chi connectivity index (χ4v) is 4.31. The molecular formula is C26H32O8. The first-order valence-electron chi connectivity index (χ1n) is 11.1. The van der Waals surface area contributed by atoms with Crippen LogP contribution in [0.3, 0.4) is 0 Å². The van der Waals surface area contributed by atoms with Crippen LogP contribution in [0.5, 0.6) is 11.5 Å². The molecule has 0 saturated carbocycles. The number of methoxy groups -OCH3 is 4. The monoisotopic (exact) mass is 472 g/mol. The van der Waals surface area contributed by atoms with Crippen molar-refractivity contribution in [2.75, 3.05) is 41.7 Å². The molecule has 0 radical (unpaired) electrons. The Kier molecular flexibility index (Phi) is 8.52. The minimum absolute atomic E-state index is 0.0154. The SMILES string of the molecule is COC(=O)/C=C(\Cc1c(CCC(=O)CC2(C)OCCO2)c(OC)c2ccccc2c1OC)OC. The van der Waals surface area contributed by atoms with Gasteiger partial charge in [0.25, 0.3) is 0 Å². The van der Waals surface area contributed by atoms with Crippen LogP contribution in [0.2, 0.25) is 0 Å². The molecule has 0 N–H and O–H groups in total. The van der Waals surface area contributed by atoms with E-state index in [9.17, 15) is 9.59 Å². The van der Waals surface area contributed by atoms with Crippen molar-refractivity contribution in [3.8, 4) is 11.5 Å². The Balaban J connectivity index is 2.04. The molecule has 0 amide bonds. The molecule has 2 aromatic carbocycles. The van der Waals surface area contributed by atoms with Gasteiger partial charge < -0.3 is 28.4 Å². The van der Waals surface area contributed by atoms with Crippen molar-refractivity contribution < 1.29 is 38.0 Å². The zero-order valence-corrected chi connectivity index (χ0v) is 20.4. The van der Waals surface area contributed by atoms with Crippen LogP contribution >= 0.6 is 0 Å². The number of esters is 1. The number of fused-ring (bicyclic) bond motifs is 1. The lowest BCUT2D eigenvalue weighted by atomic mass is 9.91. The fourth-order valence-electron chi connectivity index (χ4n) is 4.31. The van der Waals surface area contributed by atoms with Crippen molar-refractivity contribution >= 4 is 22.5 Å². The van der Waals surface area contributed by atoms with Gasteiger partial charge in [-0.2, -0.15) is 0 Å². The van der Waals surface area contributed by atoms with Crippen LogP contribution in [0.1, 0.15) is 30.9 Å². The lowest BCUT2D eigenvalue weighted by Gasteiger charge is -2.23. The summed E-state index contributed by atoms with van der Waals surface area (Å²) in [6.45, 7) is 2.75. The molecule has 2 aromatic rings. The Morgan fingerprint density at radius 3 is 2.06 bits per heavy atom. The molecule has 184 valence electrons. The van der Waals surface area contributed by atoms with E-state index in [-0.39, 0.29) is 25.0 Å². The van der Waals surface area contributed by atoms with E-state index < -0.39 is 11.8 Å². The van der Waals surface area contributed by atoms with Gasteiger partial charge in [-0.05, 0) is 13.3 Å². The molecule has 8 heteroatoms. The van der Waals surface area contributed by atoms with E-state index in [1.54, 1.807) is 21.1 Å². The van der Waals surface area contributed by atoms with Gasteiger partial charge in [0, 0.05) is 34.7 Å². The van der Waals surface area contributed by atoms with Crippen molar-refractivity contribution in [2.45, 2.75) is 38.4 Å². The van der Waals surface area contributed by atoms with Crippen molar-refractivity contribution in [3.63, 3.8) is 0 Å². The number of ether oxygens (including phenoxy) is 6. The zero-order valence-electron chi connectivity index (χ0n) is 20.4. The van der Waals surface area contributed by atoms with Gasteiger partial charge in [-0.15, -0.1) is 0 Å². The Morgan fingerprint density at radius 1 is 0.941 bits per heavy atom. The summed E-state index contributed by atoms with van der Waals surface area (Å²) >= 11 is 0. The Morgan fingerprint density at radius 2 is 1.53 bits per heavy atom. The van der Waals surface area contributed by atoms with Gasteiger partial charge in [0.15, 0.2) is 5.79 Å². The average molecular weight is 473 g/mol. The van der Waals surface area contributed by atoms with Crippen LogP contribution < -0.4 is 9.47 Å². The van der Waals surface area contributed by atoms with Crippen molar-refractivity contribution in [1.82, 2.24) is 0 Å². The third-order valence-electron chi connectivity index (χ3n) is 5.90. The predicted octanol–water partition coefficient (Wildman–Crippen LogP) is 3.76. The van der Waals surface area contributed by atoms with Gasteiger partial charge in [-0.3, -0.25) is 4.79 Å². The number of rotatable bonds is 11. The first-order valence-corrected chi connectivity index (χ1v) is 11.1. The maximum absolute atomic E-state index is 12.8. The van der Waals surface area contributed by atoms with Crippen LogP contribution in [-0.2, 0) is 41.4 Å². The molecule has 0 spiro atoms. The molecule has 0 aromatic heterocycles. The maximum atomic E-state index is 12.8. The number of hydrogen-bond donors (Lipinski definition) is 0. The zero-order chi connectivity index (χ0) is 24.7. The standard InChI is InChI=1S/C26H32O8/c1-26(33-12-13-34-26)16-17(27)10-11-21-22(14-18(29-2)15-23(28)30-3)25(32-5)20-9-7-6-8-19(20)24(21)31-4/h6-9,15H,10-14,16H2,1-5H3/b18-15+. The molecule has 3 rings (SSSR count). The van der Waals surface area contributed by atoms with Crippen LogP contribution in [0, 0.1) is 0 Å². The van der Waals surface area contributed by atoms with E-state index in [2.05, 4.69) is 0 Å². The van der Waals surface area contributed by atoms with Crippen molar-refractivity contribution in [1.29, 1.82) is 0 Å². The summed E-state index contributed by atoms with van der Waals surface area (Å²) in [4.78, 5) is 24.7. The minimum Gasteiger partial charge on any atom is -0.500 e. The molecule has 1 saturated heterocycles. The molecular weight excluding hydrogens is 440 g/mol. The minimum atomic E-state index is -0.877. The molecule has 0 atom stereocenters. The number of ketones is 1. The lowest BCUT2D eigenvalue weighted by molar-refractivity contribution is -0.158. The van der Waals surface area contributed by atoms with Crippen LogP contribution in [0.25, 0.3) is 10.8 Å². The highest BCUT2D eigenvalue weighted by Crippen LogP contribution is 2.42. The normalized spacial score (nSPS) is 15.3. The lowest BCUT2D eigenvalue weighted by Crippen LogP contribution is -2.29. The number of carbonyl (C=O) groups is 2. The molecule has 8 nitrogen and oxygen atoms in total. The molecule has 0 unspecified atom stereocenters. The van der Waals surface area contributed by atoms with Crippen LogP contribution in [-0.4, -0.2) is 59.2 Å². The highest BCUT2D eigenvalue weighted by atomic mass is 16.7. The average Bonchev–Trinajstić information content (AvgIpc) is 3.27. The van der Waals surface area contributed by atoms with Gasteiger partial charge in [0.05, 0.1) is 54.1 Å². The number of Topliss-reactive ketones (excluding diaryl/α,β-unsaturated/α-hetero) is 1. The Bertz CT molecular complexity index is 1070. The maximum Gasteiger partial charge on any atom is 0.333 e. The van der Waals surface area contributed by atoms with E-state index in [0.29, 0.717) is 36.9 Å². The topological polar surface area (TPSA) is 89.5 Å². The number of benzene rings is 2. The van der Waals surface area contributed by atoms with Crippen molar-refractivity contribution in [2.24, 2.45) is 0 Å². The second-order valence-corrected chi connectivity index (χ2v) is 8.13. The van der Waals surface area contributed by atoms with Crippen LogP contribution in [0.4, 0.5) is 0 Å². The molecule has 1 fully saturated rings. The first-order chi connectivity index (χ1) is 16.4. The summed E-state index contributed by atoms with van der Waals surface area (Å²) in [6, 6.07) is 7.74. The van der Waals surface area contributed by atoms with Gasteiger partial charge in [-0.1, -0.05) is 24.3 Å². The van der Waals surface area contributed by atoms with E-state index in [1.807, 2.05) is 24.3 Å². The highest BCUT2D eigenvalue weighted by molar-refractivity contribution is 5.96. The second-order valence-electron chi connectivity index (χ2n) is 8.13. The summed E-state index contributed by atoms with van der Waals surface area (Å²) in [5.74, 6) is 0.313. The van der Waals surface area contributed by atoms with E-state index in [1.165, 1.54) is 20.3 Å². The quantitative estimate of drug-likeness (QED) is 0.278. The van der Waals surface area contributed by atoms with Crippen molar-refractivity contribution in [3.05, 3.63) is 47.2 Å². The summed E-state index contributed by atoms with van der Waals surface area (Å²) in [5.41, 5.74) is 1.60. The third-order valence-corrected chi connectivity index (χ3v) is 5.90. The predicted molar refractivity (Wildman–Crippen MR) is 126 cm³/mol. The third kappa shape index (κ3) is 5.69. The van der Waals surface area contributed by atoms with Gasteiger partial charge in [0.2, 0.25) is 0 Å². The molecule has 1 aliphatic heterocycles. The molecule has 34 heavy (non-hydrogen) atoms. The van der Waals surface area contributed by atoms with Gasteiger partial charge in [-0.25, -0.2) is 4.79 Å². The highest BCUT2D eigenvalue weighted by Gasteiger charge is 2.33. The van der Waals surface area contributed by atoms with Gasteiger partial charge >= 0.3 is 5.97 Å². The van der Waals surface area contributed by atoms with E-state index in [0.717, 1.165) is 21.9 Å². The van der Waals surface area contributed by atoms with Gasteiger partial charge in [0.1, 0.15) is 23.0 Å². The summed E-state index contributed by atoms with van der Waals surface area (Å²) in [5, 5.41) is 1.74. The summed E-state index contributed by atoms with van der Waals surface area (Å²) < 4.78 is 33.0. The van der Waals surface area contributed by atoms with E-state index >= 15 is 0 Å². The smallest absolute Gasteiger partial charge is 0.333 e. The number of hydrogen-bond acceptors (Lipinski definition) is 8. The van der Waals surface area contributed by atoms with E-state index in [4.69, 9.17) is 28.4 Å². The summed E-state index contributed by atoms with van der Waals surface area (Å²) in [6.07, 6.45) is 2.38. The summed E-state index contributed by atoms with van der Waals surface area (Å²) in [7, 11) is 6.00. The largest absolute Gasteiger partial charge is 0.500 e. The molecule has 0 aliphatic carbocycles. The Hall–Kier alpha value is -3.10. The second kappa shape index (κ2) is 11.4. The number of allylic oxidation sites excluding steroid dienone is 1. The fraction of sp³-hybridized carbons (Fsp3) is 0.462. The molecule has 1 aliphatic rings. The molecule has 0 bridgehead atoms. The Labute approximate surface area is 199 Å². The first kappa shape index (κ1) is 25.5.